The highest BCUT2D eigenvalue weighted by molar-refractivity contribution is 5.83. The van der Waals surface area contributed by atoms with E-state index >= 15 is 0 Å². The number of Topliss-reactive ketones (excluding diaryl/α,β-unsaturated/α-hetero) is 1. The van der Waals surface area contributed by atoms with Gasteiger partial charge in [-0.25, -0.2) is 4.98 Å². The van der Waals surface area contributed by atoms with Gasteiger partial charge in [-0.2, -0.15) is 9.97 Å². The first-order chi connectivity index (χ1) is 21.6. The van der Waals surface area contributed by atoms with Crippen molar-refractivity contribution in [3.63, 3.8) is 0 Å². The van der Waals surface area contributed by atoms with Crippen LogP contribution in [0, 0.1) is 0 Å². The second kappa shape index (κ2) is 15.7. The van der Waals surface area contributed by atoms with E-state index in [0.717, 1.165) is 52.6 Å². The van der Waals surface area contributed by atoms with E-state index in [1.165, 1.54) is 19.3 Å². The number of aromatic nitrogens is 3. The third-order valence-electron chi connectivity index (χ3n) is 7.66. The van der Waals surface area contributed by atoms with Gasteiger partial charge in [-0.05, 0) is 28.7 Å². The van der Waals surface area contributed by atoms with Crippen molar-refractivity contribution in [1.82, 2.24) is 15.0 Å². The standard InChI is InChI=1S/C38H39N3O3/c1-2-3-4-5-6-13-18-34(43)35(27-42)44-38-40-36(32-23-19-30(20-24-32)28-14-9-7-10-15-28)39-37(41-38)33-25-21-31(22-26-33)29-16-11-8-12-17-29/h7-12,14-17,19-26,35,42H,2-6,13,18,27H2,1H3. The SMILES string of the molecule is CCCCCCCCC(=O)C(CO)Oc1nc(-c2ccc(-c3ccccc3)cc2)nc(-c2ccc(-c3ccccc3)cc2)n1. The van der Waals surface area contributed by atoms with Gasteiger partial charge in [0.05, 0.1) is 6.61 Å². The molecule has 0 saturated carbocycles. The van der Waals surface area contributed by atoms with Crippen molar-refractivity contribution in [2.75, 3.05) is 6.61 Å². The molecular formula is C38H39N3O3. The van der Waals surface area contributed by atoms with Crippen molar-refractivity contribution in [2.45, 2.75) is 58.0 Å². The van der Waals surface area contributed by atoms with E-state index in [2.05, 4.69) is 41.2 Å². The number of rotatable bonds is 15. The molecule has 224 valence electrons. The van der Waals surface area contributed by atoms with Crippen LogP contribution in [0.3, 0.4) is 0 Å². The molecule has 0 bridgehead atoms. The summed E-state index contributed by atoms with van der Waals surface area (Å²) in [6, 6.07) is 36.3. The normalized spacial score (nSPS) is 11.7. The summed E-state index contributed by atoms with van der Waals surface area (Å²) in [4.78, 5) is 26.9. The first kappa shape index (κ1) is 30.8. The van der Waals surface area contributed by atoms with E-state index in [4.69, 9.17) is 9.72 Å². The summed E-state index contributed by atoms with van der Waals surface area (Å²) in [5, 5.41) is 10.1. The largest absolute Gasteiger partial charge is 0.450 e. The Kier molecular flexibility index (Phi) is 11.0. The Morgan fingerprint density at radius 2 is 1.02 bits per heavy atom. The van der Waals surface area contributed by atoms with Gasteiger partial charge in [-0.1, -0.05) is 148 Å². The van der Waals surface area contributed by atoms with Crippen LogP contribution < -0.4 is 4.74 Å². The summed E-state index contributed by atoms with van der Waals surface area (Å²) < 4.78 is 5.97. The zero-order valence-electron chi connectivity index (χ0n) is 25.2. The van der Waals surface area contributed by atoms with Crippen LogP contribution in [0.15, 0.2) is 109 Å². The van der Waals surface area contributed by atoms with Gasteiger partial charge in [0, 0.05) is 17.5 Å². The maximum absolute atomic E-state index is 13.0. The van der Waals surface area contributed by atoms with Crippen molar-refractivity contribution in [2.24, 2.45) is 0 Å². The van der Waals surface area contributed by atoms with Crippen molar-refractivity contribution >= 4 is 5.78 Å². The average Bonchev–Trinajstić information content (AvgIpc) is 3.09. The Labute approximate surface area is 259 Å². The minimum Gasteiger partial charge on any atom is -0.450 e. The highest BCUT2D eigenvalue weighted by Gasteiger charge is 2.22. The minimum atomic E-state index is -1.03. The van der Waals surface area contributed by atoms with Gasteiger partial charge >= 0.3 is 6.01 Å². The van der Waals surface area contributed by atoms with E-state index in [0.29, 0.717) is 18.1 Å². The van der Waals surface area contributed by atoms with Crippen molar-refractivity contribution < 1.29 is 14.6 Å². The molecule has 0 radical (unpaired) electrons. The number of unbranched alkanes of at least 4 members (excludes halogenated alkanes) is 5. The molecule has 0 spiro atoms. The van der Waals surface area contributed by atoms with Gasteiger partial charge in [-0.15, -0.1) is 0 Å². The zero-order valence-corrected chi connectivity index (χ0v) is 25.2. The maximum atomic E-state index is 13.0. The smallest absolute Gasteiger partial charge is 0.321 e. The van der Waals surface area contributed by atoms with Crippen LogP contribution >= 0.6 is 0 Å². The van der Waals surface area contributed by atoms with Crippen LogP contribution in [0.25, 0.3) is 45.0 Å². The van der Waals surface area contributed by atoms with E-state index in [-0.39, 0.29) is 11.8 Å². The second-order valence-corrected chi connectivity index (χ2v) is 10.9. The molecule has 4 aromatic carbocycles. The Balaban J connectivity index is 1.41. The molecule has 1 unspecified atom stereocenters. The van der Waals surface area contributed by atoms with Crippen LogP contribution in [0.2, 0.25) is 0 Å². The zero-order chi connectivity index (χ0) is 30.6. The Morgan fingerprint density at radius 3 is 1.50 bits per heavy atom. The Bertz CT molecular complexity index is 1500. The summed E-state index contributed by atoms with van der Waals surface area (Å²) in [5.74, 6) is 0.708. The Morgan fingerprint density at radius 1 is 0.591 bits per heavy atom. The van der Waals surface area contributed by atoms with Gasteiger partial charge in [0.25, 0.3) is 0 Å². The summed E-state index contributed by atoms with van der Waals surface area (Å²) in [7, 11) is 0. The molecule has 0 aliphatic heterocycles. The summed E-state index contributed by atoms with van der Waals surface area (Å²) in [5.41, 5.74) is 5.98. The van der Waals surface area contributed by atoms with E-state index < -0.39 is 12.7 Å². The molecule has 1 atom stereocenters. The number of hydrogen-bond donors (Lipinski definition) is 1. The van der Waals surface area contributed by atoms with Crippen molar-refractivity contribution in [1.29, 1.82) is 0 Å². The fraction of sp³-hybridized carbons (Fsp3) is 0.263. The number of aliphatic hydroxyl groups excluding tert-OH is 1. The predicted octanol–water partition coefficient (Wildman–Crippen LogP) is 8.60. The maximum Gasteiger partial charge on any atom is 0.321 e. The van der Waals surface area contributed by atoms with Gasteiger partial charge < -0.3 is 9.84 Å². The van der Waals surface area contributed by atoms with E-state index in [9.17, 15) is 9.90 Å². The van der Waals surface area contributed by atoms with Gasteiger partial charge in [0.15, 0.2) is 23.5 Å². The molecule has 6 nitrogen and oxygen atoms in total. The number of hydrogen-bond acceptors (Lipinski definition) is 6. The Hall–Kier alpha value is -4.68. The van der Waals surface area contributed by atoms with Gasteiger partial charge in [-0.3, -0.25) is 4.79 Å². The lowest BCUT2D eigenvalue weighted by atomic mass is 10.0. The van der Waals surface area contributed by atoms with Crippen LogP contribution in [-0.2, 0) is 4.79 Å². The van der Waals surface area contributed by atoms with Crippen molar-refractivity contribution in [3.05, 3.63) is 109 Å². The number of carbonyl (C=O) groups is 1. The van der Waals surface area contributed by atoms with E-state index in [1.54, 1.807) is 0 Å². The van der Waals surface area contributed by atoms with Crippen LogP contribution in [0.5, 0.6) is 6.01 Å². The van der Waals surface area contributed by atoms with Gasteiger partial charge in [0.2, 0.25) is 0 Å². The molecule has 1 aromatic heterocycles. The number of benzene rings is 4. The molecule has 0 aliphatic carbocycles. The third-order valence-corrected chi connectivity index (χ3v) is 7.66. The highest BCUT2D eigenvalue weighted by Crippen LogP contribution is 2.28. The fourth-order valence-corrected chi connectivity index (χ4v) is 5.12. The molecule has 0 amide bonds. The second-order valence-electron chi connectivity index (χ2n) is 10.9. The molecule has 5 aromatic rings. The topological polar surface area (TPSA) is 85.2 Å². The van der Waals surface area contributed by atoms with Crippen LogP contribution in [0.1, 0.15) is 51.9 Å². The fourth-order valence-electron chi connectivity index (χ4n) is 5.12. The quantitative estimate of drug-likeness (QED) is 0.124. The first-order valence-corrected chi connectivity index (χ1v) is 15.5. The molecule has 0 saturated heterocycles. The lowest BCUT2D eigenvalue weighted by Gasteiger charge is -2.16. The number of aliphatic hydroxyl groups is 1. The molecule has 44 heavy (non-hydrogen) atoms. The lowest BCUT2D eigenvalue weighted by molar-refractivity contribution is -0.127. The number of nitrogens with zero attached hydrogens (tertiary/aromatic N) is 3. The minimum absolute atomic E-state index is 0.0135. The highest BCUT2D eigenvalue weighted by atomic mass is 16.5. The average molecular weight is 586 g/mol. The van der Waals surface area contributed by atoms with Crippen molar-refractivity contribution in [3.8, 4) is 51.0 Å². The number of ketones is 1. The predicted molar refractivity (Wildman–Crippen MR) is 176 cm³/mol. The summed E-state index contributed by atoms with van der Waals surface area (Å²) >= 11 is 0. The molecule has 0 aliphatic rings. The molecule has 1 N–H and O–H groups in total. The van der Waals surface area contributed by atoms with Crippen LogP contribution in [-0.4, -0.2) is 38.6 Å². The first-order valence-electron chi connectivity index (χ1n) is 15.5. The monoisotopic (exact) mass is 585 g/mol. The van der Waals surface area contributed by atoms with Crippen LogP contribution in [0.4, 0.5) is 0 Å². The number of carbonyl (C=O) groups excluding carboxylic acids is 1. The molecule has 6 heteroatoms. The third kappa shape index (κ3) is 8.23. The molecule has 5 rings (SSSR count). The molecular weight excluding hydrogens is 546 g/mol. The van der Waals surface area contributed by atoms with Gasteiger partial charge in [0.1, 0.15) is 0 Å². The van der Waals surface area contributed by atoms with E-state index in [1.807, 2.05) is 84.9 Å². The number of ether oxygens (including phenoxy) is 1. The lowest BCUT2D eigenvalue weighted by Crippen LogP contribution is -2.31. The molecule has 0 fully saturated rings. The molecule has 1 heterocycles. The summed E-state index contributed by atoms with van der Waals surface area (Å²) in [6.45, 7) is 1.74. The summed E-state index contributed by atoms with van der Waals surface area (Å²) in [6.07, 6.45) is 5.77.